The van der Waals surface area contributed by atoms with Crippen molar-refractivity contribution < 1.29 is 17.9 Å². The molecule has 0 radical (unpaired) electrons. The van der Waals surface area contributed by atoms with Gasteiger partial charge in [-0.15, -0.1) is 0 Å². The summed E-state index contributed by atoms with van der Waals surface area (Å²) in [7, 11) is -3.66. The monoisotopic (exact) mass is 301 g/mol. The largest absolute Gasteiger partial charge is 0.491 e. The predicted molar refractivity (Wildman–Crippen MR) is 78.3 cm³/mol. The molecule has 0 amide bonds. The molecule has 0 aliphatic carbocycles. The molecule has 0 aliphatic rings. The number of sulfonamides is 1. The van der Waals surface area contributed by atoms with Gasteiger partial charge in [0.2, 0.25) is 10.0 Å². The van der Waals surface area contributed by atoms with Crippen molar-refractivity contribution in [3.05, 3.63) is 23.8 Å². The number of ether oxygens (including phenoxy) is 2. The van der Waals surface area contributed by atoms with Gasteiger partial charge in [0.15, 0.2) is 0 Å². The van der Waals surface area contributed by atoms with Crippen molar-refractivity contribution in [1.82, 2.24) is 0 Å². The normalized spacial score (nSPS) is 11.8. The first-order valence-electron chi connectivity index (χ1n) is 6.64. The highest BCUT2D eigenvalue weighted by molar-refractivity contribution is 7.89. The van der Waals surface area contributed by atoms with Crippen LogP contribution in [-0.4, -0.2) is 28.2 Å². The maximum atomic E-state index is 11.2. The van der Waals surface area contributed by atoms with E-state index < -0.39 is 10.0 Å². The highest BCUT2D eigenvalue weighted by Crippen LogP contribution is 2.21. The minimum Gasteiger partial charge on any atom is -0.491 e. The molecule has 6 heteroatoms. The van der Waals surface area contributed by atoms with Gasteiger partial charge in [0, 0.05) is 6.61 Å². The summed E-state index contributed by atoms with van der Waals surface area (Å²) >= 11 is 0. The Morgan fingerprint density at radius 3 is 2.45 bits per heavy atom. The summed E-state index contributed by atoms with van der Waals surface area (Å²) in [6.45, 7) is 7.76. The van der Waals surface area contributed by atoms with Crippen LogP contribution in [-0.2, 0) is 14.8 Å². The van der Waals surface area contributed by atoms with Crippen molar-refractivity contribution in [2.24, 2.45) is 11.1 Å². The molecule has 0 saturated heterocycles. The van der Waals surface area contributed by atoms with E-state index in [9.17, 15) is 8.42 Å². The fraction of sp³-hybridized carbons (Fsp3) is 0.571. The molecule has 20 heavy (non-hydrogen) atoms. The van der Waals surface area contributed by atoms with Gasteiger partial charge >= 0.3 is 0 Å². The van der Waals surface area contributed by atoms with E-state index in [1.807, 2.05) is 0 Å². The molecule has 2 N–H and O–H groups in total. The summed E-state index contributed by atoms with van der Waals surface area (Å²) in [5, 5.41) is 5.07. The zero-order valence-corrected chi connectivity index (χ0v) is 13.1. The molecule has 1 aromatic carbocycles. The summed E-state index contributed by atoms with van der Waals surface area (Å²) in [4.78, 5) is 0.0931. The summed E-state index contributed by atoms with van der Waals surface area (Å²) in [6.07, 6.45) is 1.03. The Morgan fingerprint density at radius 1 is 1.20 bits per heavy atom. The third-order valence-corrected chi connectivity index (χ3v) is 3.71. The second-order valence-electron chi connectivity index (χ2n) is 5.12. The van der Waals surface area contributed by atoms with E-state index in [-0.39, 0.29) is 4.90 Å². The van der Waals surface area contributed by atoms with E-state index in [0.717, 1.165) is 18.6 Å². The van der Waals surface area contributed by atoms with Gasteiger partial charge in [-0.3, -0.25) is 0 Å². The average Bonchev–Trinajstić information content (AvgIpc) is 2.33. The highest BCUT2D eigenvalue weighted by atomic mass is 32.2. The van der Waals surface area contributed by atoms with Gasteiger partial charge in [-0.1, -0.05) is 13.8 Å². The lowest BCUT2D eigenvalue weighted by Crippen LogP contribution is -2.13. The SMILES string of the molecule is Cc1cc(S(N)(=O)=O)ccc1OCCOCCC(C)C. The molecule has 0 unspecified atom stereocenters. The maximum absolute atomic E-state index is 11.2. The summed E-state index contributed by atoms with van der Waals surface area (Å²) in [5.74, 6) is 1.27. The van der Waals surface area contributed by atoms with E-state index >= 15 is 0 Å². The molecular formula is C14H23NO4S. The Kier molecular flexibility index (Phi) is 6.45. The molecule has 0 heterocycles. The van der Waals surface area contributed by atoms with Crippen molar-refractivity contribution >= 4 is 10.0 Å². The van der Waals surface area contributed by atoms with Gasteiger partial charge in [0.1, 0.15) is 12.4 Å². The Hall–Kier alpha value is -1.11. The number of hydrogen-bond donors (Lipinski definition) is 1. The van der Waals surface area contributed by atoms with Crippen molar-refractivity contribution in [2.75, 3.05) is 19.8 Å². The molecule has 0 fully saturated rings. The van der Waals surface area contributed by atoms with Crippen molar-refractivity contribution in [2.45, 2.75) is 32.1 Å². The lowest BCUT2D eigenvalue weighted by atomic mass is 10.1. The minimum absolute atomic E-state index is 0.0931. The van der Waals surface area contributed by atoms with E-state index in [0.29, 0.717) is 24.9 Å². The summed E-state index contributed by atoms with van der Waals surface area (Å²) < 4.78 is 33.4. The second-order valence-corrected chi connectivity index (χ2v) is 6.68. The quantitative estimate of drug-likeness (QED) is 0.746. The number of benzene rings is 1. The van der Waals surface area contributed by atoms with Gasteiger partial charge in [0.25, 0.3) is 0 Å². The number of aryl methyl sites for hydroxylation is 1. The third-order valence-electron chi connectivity index (χ3n) is 2.80. The Bertz CT molecular complexity index is 526. The molecule has 0 aliphatic heterocycles. The van der Waals surface area contributed by atoms with E-state index in [2.05, 4.69) is 13.8 Å². The standard InChI is InChI=1S/C14H23NO4S/c1-11(2)6-7-18-8-9-19-14-5-4-13(10-12(14)3)20(15,16)17/h4-5,10-11H,6-9H2,1-3H3,(H2,15,16,17). The molecule has 1 aromatic rings. The smallest absolute Gasteiger partial charge is 0.238 e. The van der Waals surface area contributed by atoms with Gasteiger partial charge < -0.3 is 9.47 Å². The first kappa shape index (κ1) is 16.9. The number of nitrogens with two attached hydrogens (primary N) is 1. The molecule has 0 bridgehead atoms. The second kappa shape index (κ2) is 7.61. The van der Waals surface area contributed by atoms with Gasteiger partial charge in [0.05, 0.1) is 11.5 Å². The van der Waals surface area contributed by atoms with Gasteiger partial charge in [-0.05, 0) is 43.0 Å². The number of hydrogen-bond acceptors (Lipinski definition) is 4. The molecule has 114 valence electrons. The average molecular weight is 301 g/mol. The van der Waals surface area contributed by atoms with Crippen LogP contribution in [0, 0.1) is 12.8 Å². The molecule has 0 saturated carbocycles. The van der Waals surface area contributed by atoms with E-state index in [1.54, 1.807) is 13.0 Å². The van der Waals surface area contributed by atoms with Crippen LogP contribution in [0.1, 0.15) is 25.8 Å². The molecule has 0 aromatic heterocycles. The lowest BCUT2D eigenvalue weighted by molar-refractivity contribution is 0.0923. The van der Waals surface area contributed by atoms with E-state index in [4.69, 9.17) is 14.6 Å². The maximum Gasteiger partial charge on any atom is 0.238 e. The highest BCUT2D eigenvalue weighted by Gasteiger charge is 2.09. The third kappa shape index (κ3) is 5.90. The summed E-state index contributed by atoms with van der Waals surface area (Å²) in [6, 6.07) is 4.56. The number of primary sulfonamides is 1. The van der Waals surface area contributed by atoms with Crippen LogP contribution in [0.25, 0.3) is 0 Å². The van der Waals surface area contributed by atoms with Crippen LogP contribution in [0.4, 0.5) is 0 Å². The number of rotatable bonds is 8. The molecule has 0 spiro atoms. The Balaban J connectivity index is 2.42. The topological polar surface area (TPSA) is 78.6 Å². The first-order chi connectivity index (χ1) is 9.30. The first-order valence-corrected chi connectivity index (χ1v) is 8.19. The van der Waals surface area contributed by atoms with Crippen LogP contribution in [0.3, 0.4) is 0 Å². The van der Waals surface area contributed by atoms with Crippen LogP contribution >= 0.6 is 0 Å². The fourth-order valence-electron chi connectivity index (χ4n) is 1.59. The van der Waals surface area contributed by atoms with Crippen LogP contribution in [0.15, 0.2) is 23.1 Å². The van der Waals surface area contributed by atoms with Crippen molar-refractivity contribution in [3.8, 4) is 5.75 Å². The van der Waals surface area contributed by atoms with Crippen LogP contribution in [0.5, 0.6) is 5.75 Å². The fourth-order valence-corrected chi connectivity index (χ4v) is 2.19. The Morgan fingerprint density at radius 2 is 1.90 bits per heavy atom. The lowest BCUT2D eigenvalue weighted by Gasteiger charge is -2.11. The van der Waals surface area contributed by atoms with Crippen molar-refractivity contribution in [3.63, 3.8) is 0 Å². The zero-order chi connectivity index (χ0) is 15.2. The minimum atomic E-state index is -3.66. The van der Waals surface area contributed by atoms with Crippen LogP contribution < -0.4 is 9.88 Å². The Labute approximate surface area is 121 Å². The molecule has 5 nitrogen and oxygen atoms in total. The van der Waals surface area contributed by atoms with Crippen molar-refractivity contribution in [1.29, 1.82) is 0 Å². The van der Waals surface area contributed by atoms with Crippen LogP contribution in [0.2, 0.25) is 0 Å². The van der Waals surface area contributed by atoms with E-state index in [1.165, 1.54) is 12.1 Å². The molecular weight excluding hydrogens is 278 g/mol. The summed E-state index contributed by atoms with van der Waals surface area (Å²) in [5.41, 5.74) is 0.735. The predicted octanol–water partition coefficient (Wildman–Crippen LogP) is 2.08. The van der Waals surface area contributed by atoms with Gasteiger partial charge in [-0.2, -0.15) is 0 Å². The van der Waals surface area contributed by atoms with Gasteiger partial charge in [-0.25, -0.2) is 13.6 Å². The zero-order valence-electron chi connectivity index (χ0n) is 12.3. The molecule has 0 atom stereocenters. The molecule has 1 rings (SSSR count).